The van der Waals surface area contributed by atoms with E-state index in [4.69, 9.17) is 16.6 Å². The average molecular weight is 504 g/mol. The number of hydrogen-bond acceptors (Lipinski definition) is 8. The molecule has 13 nitrogen and oxygen atoms in total. The molecular formula is C23H33N7O6. The Balaban J connectivity index is 2.13. The molecule has 3 unspecified atom stereocenters. The first-order chi connectivity index (χ1) is 17.2. The molecule has 0 saturated heterocycles. The van der Waals surface area contributed by atoms with Gasteiger partial charge in [-0.25, -0.2) is 4.98 Å². The molecule has 0 bridgehead atoms. The number of nitrogens with one attached hydrogen (secondary N) is 4. The van der Waals surface area contributed by atoms with Crippen LogP contribution in [0.5, 0.6) is 5.75 Å². The number of nitrogens with two attached hydrogens (primary N) is 2. The van der Waals surface area contributed by atoms with Gasteiger partial charge in [-0.2, -0.15) is 0 Å². The molecule has 1 heterocycles. The van der Waals surface area contributed by atoms with Crippen molar-refractivity contribution < 1.29 is 29.4 Å². The molecule has 0 saturated carbocycles. The van der Waals surface area contributed by atoms with E-state index in [1.165, 1.54) is 18.5 Å². The zero-order chi connectivity index (χ0) is 26.5. The van der Waals surface area contributed by atoms with E-state index in [2.05, 4.69) is 25.9 Å². The summed E-state index contributed by atoms with van der Waals surface area (Å²) in [6.07, 6.45) is 4.64. The lowest BCUT2D eigenvalue weighted by Crippen LogP contribution is -2.56. The standard InChI is InChI=1S/C23H33N7O6/c24-8-2-1-3-18(29-21(34)17(25)10-15-11-26-13-28-15)23(36)30-19(22(35)27-12-20(32)33)9-14-4-6-16(31)7-5-14/h4-7,11,13,17-19,31H,1-3,8-10,12,24-25H2,(H,26,28)(H,27,35)(H,29,34)(H,30,36)(H,32,33). The molecule has 3 atom stereocenters. The number of rotatable bonds is 15. The number of aromatic nitrogens is 2. The number of aromatic hydroxyl groups is 1. The lowest BCUT2D eigenvalue weighted by Gasteiger charge is -2.24. The van der Waals surface area contributed by atoms with Gasteiger partial charge < -0.3 is 42.6 Å². The Hall–Kier alpha value is -3.97. The summed E-state index contributed by atoms with van der Waals surface area (Å²) in [5, 5.41) is 25.9. The van der Waals surface area contributed by atoms with E-state index < -0.39 is 48.4 Å². The first kappa shape index (κ1) is 28.3. The number of imidazole rings is 1. The fourth-order valence-electron chi connectivity index (χ4n) is 3.40. The number of carboxylic acids is 1. The topological polar surface area (TPSA) is 226 Å². The Labute approximate surface area is 208 Å². The van der Waals surface area contributed by atoms with E-state index in [0.717, 1.165) is 0 Å². The highest BCUT2D eigenvalue weighted by molar-refractivity contribution is 5.93. The van der Waals surface area contributed by atoms with Crippen molar-refractivity contribution in [1.29, 1.82) is 0 Å². The molecule has 0 aliphatic rings. The van der Waals surface area contributed by atoms with E-state index in [1.807, 2.05) is 0 Å². The van der Waals surface area contributed by atoms with Crippen LogP contribution in [0.3, 0.4) is 0 Å². The smallest absolute Gasteiger partial charge is 0.322 e. The average Bonchev–Trinajstić information content (AvgIpc) is 3.35. The van der Waals surface area contributed by atoms with Crippen LogP contribution in [-0.4, -0.2) is 75.1 Å². The third-order valence-electron chi connectivity index (χ3n) is 5.33. The first-order valence-electron chi connectivity index (χ1n) is 11.5. The molecule has 2 rings (SSSR count). The highest BCUT2D eigenvalue weighted by atomic mass is 16.4. The number of carbonyl (C=O) groups is 4. The van der Waals surface area contributed by atoms with Gasteiger partial charge in [-0.05, 0) is 43.5 Å². The van der Waals surface area contributed by atoms with Gasteiger partial charge in [-0.3, -0.25) is 19.2 Å². The third-order valence-corrected chi connectivity index (χ3v) is 5.33. The zero-order valence-electron chi connectivity index (χ0n) is 19.8. The summed E-state index contributed by atoms with van der Waals surface area (Å²) in [5.74, 6) is -3.09. The second kappa shape index (κ2) is 14.4. The van der Waals surface area contributed by atoms with Crippen LogP contribution in [-0.2, 0) is 32.0 Å². The number of amides is 3. The Morgan fingerprint density at radius 1 is 0.972 bits per heavy atom. The first-order valence-corrected chi connectivity index (χ1v) is 11.5. The number of phenolic OH excluding ortho intramolecular Hbond substituents is 1. The number of hydrogen-bond donors (Lipinski definition) is 8. The highest BCUT2D eigenvalue weighted by Gasteiger charge is 2.28. The van der Waals surface area contributed by atoms with Crippen LogP contribution in [0.1, 0.15) is 30.5 Å². The number of carbonyl (C=O) groups excluding carboxylic acids is 3. The Bertz CT molecular complexity index is 997. The molecule has 0 radical (unpaired) electrons. The van der Waals surface area contributed by atoms with Gasteiger partial charge in [0.15, 0.2) is 0 Å². The normalized spacial score (nSPS) is 13.3. The monoisotopic (exact) mass is 503 g/mol. The Morgan fingerprint density at radius 3 is 2.28 bits per heavy atom. The maximum Gasteiger partial charge on any atom is 0.322 e. The van der Waals surface area contributed by atoms with Gasteiger partial charge in [-0.1, -0.05) is 12.1 Å². The van der Waals surface area contributed by atoms with Gasteiger partial charge >= 0.3 is 5.97 Å². The molecule has 1 aromatic carbocycles. The van der Waals surface area contributed by atoms with E-state index >= 15 is 0 Å². The van der Waals surface area contributed by atoms with Crippen LogP contribution in [0.2, 0.25) is 0 Å². The second-order valence-electron chi connectivity index (χ2n) is 8.28. The summed E-state index contributed by atoms with van der Waals surface area (Å²) in [7, 11) is 0. The molecule has 36 heavy (non-hydrogen) atoms. The van der Waals surface area contributed by atoms with E-state index in [9.17, 15) is 24.3 Å². The second-order valence-corrected chi connectivity index (χ2v) is 8.28. The molecular weight excluding hydrogens is 470 g/mol. The summed E-state index contributed by atoms with van der Waals surface area (Å²) in [6.45, 7) is -0.220. The largest absolute Gasteiger partial charge is 0.508 e. The zero-order valence-corrected chi connectivity index (χ0v) is 19.8. The number of phenols is 1. The summed E-state index contributed by atoms with van der Waals surface area (Å²) in [5.41, 5.74) is 12.8. The van der Waals surface area contributed by atoms with E-state index in [1.54, 1.807) is 18.3 Å². The minimum atomic E-state index is -1.24. The number of unbranched alkanes of at least 4 members (excludes halogenated alkanes) is 1. The summed E-state index contributed by atoms with van der Waals surface area (Å²) in [4.78, 5) is 56.2. The summed E-state index contributed by atoms with van der Waals surface area (Å²) in [6, 6.07) is 2.95. The van der Waals surface area contributed by atoms with Crippen molar-refractivity contribution in [3.8, 4) is 5.75 Å². The molecule has 0 fully saturated rings. The molecule has 13 heteroatoms. The van der Waals surface area contributed by atoms with Gasteiger partial charge in [0.1, 0.15) is 24.4 Å². The third kappa shape index (κ3) is 9.72. The maximum atomic E-state index is 13.2. The van der Waals surface area contributed by atoms with Crippen molar-refractivity contribution in [2.45, 2.75) is 50.2 Å². The van der Waals surface area contributed by atoms with Gasteiger partial charge in [0.25, 0.3) is 0 Å². The quantitative estimate of drug-likeness (QED) is 0.132. The molecule has 3 amide bonds. The molecule has 196 valence electrons. The Morgan fingerprint density at radius 2 is 1.67 bits per heavy atom. The molecule has 0 aliphatic carbocycles. The van der Waals surface area contributed by atoms with Crippen LogP contribution in [0, 0.1) is 0 Å². The van der Waals surface area contributed by atoms with Crippen molar-refractivity contribution in [2.24, 2.45) is 11.5 Å². The van der Waals surface area contributed by atoms with Gasteiger partial charge in [-0.15, -0.1) is 0 Å². The van der Waals surface area contributed by atoms with Crippen molar-refractivity contribution in [1.82, 2.24) is 25.9 Å². The van der Waals surface area contributed by atoms with Crippen molar-refractivity contribution in [3.05, 3.63) is 48.0 Å². The fraction of sp³-hybridized carbons (Fsp3) is 0.435. The van der Waals surface area contributed by atoms with Gasteiger partial charge in [0.2, 0.25) is 17.7 Å². The number of benzene rings is 1. The number of aromatic amines is 1. The number of carboxylic acid groups (broad SMARTS) is 1. The summed E-state index contributed by atoms with van der Waals surface area (Å²) < 4.78 is 0. The van der Waals surface area contributed by atoms with E-state index in [-0.39, 0.29) is 25.0 Å². The maximum absolute atomic E-state index is 13.2. The molecule has 0 spiro atoms. The fourth-order valence-corrected chi connectivity index (χ4v) is 3.40. The predicted octanol–water partition coefficient (Wildman–Crippen LogP) is -1.47. The number of nitrogens with zero attached hydrogens (tertiary/aromatic N) is 1. The lowest BCUT2D eigenvalue weighted by atomic mass is 10.0. The lowest BCUT2D eigenvalue weighted by molar-refractivity contribution is -0.138. The number of H-pyrrole nitrogens is 1. The minimum Gasteiger partial charge on any atom is -0.508 e. The van der Waals surface area contributed by atoms with Crippen molar-refractivity contribution in [2.75, 3.05) is 13.1 Å². The predicted molar refractivity (Wildman–Crippen MR) is 129 cm³/mol. The highest BCUT2D eigenvalue weighted by Crippen LogP contribution is 2.12. The van der Waals surface area contributed by atoms with Crippen molar-refractivity contribution >= 4 is 23.7 Å². The number of aliphatic carboxylic acids is 1. The molecule has 1 aromatic heterocycles. The molecule has 10 N–H and O–H groups in total. The van der Waals surface area contributed by atoms with Crippen LogP contribution in [0.4, 0.5) is 0 Å². The van der Waals surface area contributed by atoms with E-state index in [0.29, 0.717) is 30.6 Å². The van der Waals surface area contributed by atoms with Gasteiger partial charge in [0.05, 0.1) is 12.4 Å². The molecule has 2 aromatic rings. The van der Waals surface area contributed by atoms with Crippen LogP contribution in [0.15, 0.2) is 36.8 Å². The molecule has 0 aliphatic heterocycles. The van der Waals surface area contributed by atoms with Crippen LogP contribution >= 0.6 is 0 Å². The SMILES string of the molecule is NCCCCC(NC(=O)C(N)Cc1cnc[nH]1)C(=O)NC(Cc1ccc(O)cc1)C(=O)NCC(=O)O. The van der Waals surface area contributed by atoms with Crippen molar-refractivity contribution in [3.63, 3.8) is 0 Å². The van der Waals surface area contributed by atoms with Crippen LogP contribution < -0.4 is 27.4 Å². The van der Waals surface area contributed by atoms with Gasteiger partial charge in [0, 0.05) is 24.7 Å². The van der Waals surface area contributed by atoms with Crippen LogP contribution in [0.25, 0.3) is 0 Å². The summed E-state index contributed by atoms with van der Waals surface area (Å²) >= 11 is 0. The minimum absolute atomic E-state index is 0.0281. The Kier molecular flexibility index (Phi) is 11.3.